The number of nitrogen functional groups attached to an aromatic ring is 1. The van der Waals surface area contributed by atoms with Gasteiger partial charge in [0, 0.05) is 18.7 Å². The number of aryl methyl sites for hydroxylation is 2. The van der Waals surface area contributed by atoms with Crippen LogP contribution in [0.25, 0.3) is 0 Å². The molecule has 1 amide bonds. The Morgan fingerprint density at radius 3 is 2.80 bits per heavy atom. The van der Waals surface area contributed by atoms with E-state index in [1.54, 1.807) is 28.6 Å². The predicted octanol–water partition coefficient (Wildman–Crippen LogP) is 1.82. The number of nitrogens with two attached hydrogens (primary N) is 1. The van der Waals surface area contributed by atoms with Crippen molar-refractivity contribution in [2.45, 2.75) is 40.3 Å². The van der Waals surface area contributed by atoms with Crippen LogP contribution in [0.2, 0.25) is 0 Å². The van der Waals surface area contributed by atoms with E-state index in [-0.39, 0.29) is 11.9 Å². The minimum Gasteiger partial charge on any atom is -0.395 e. The lowest BCUT2D eigenvalue weighted by molar-refractivity contribution is 0.101. The maximum absolute atomic E-state index is 12.4. The molecule has 2 heterocycles. The van der Waals surface area contributed by atoms with E-state index in [4.69, 9.17) is 5.73 Å². The average Bonchev–Trinajstić information content (AvgIpc) is 2.95. The van der Waals surface area contributed by atoms with Crippen LogP contribution < -0.4 is 11.1 Å². The largest absolute Gasteiger partial charge is 0.395 e. The second kappa shape index (κ2) is 5.36. The molecule has 0 fully saturated rings. The van der Waals surface area contributed by atoms with E-state index in [0.717, 1.165) is 0 Å². The Hall–Kier alpha value is -2.31. The minimum atomic E-state index is -0.271. The molecule has 0 atom stereocenters. The topological polar surface area (TPSA) is 90.8 Å². The van der Waals surface area contributed by atoms with Crippen molar-refractivity contribution in [3.63, 3.8) is 0 Å². The zero-order chi connectivity index (χ0) is 14.9. The number of aromatic nitrogens is 4. The van der Waals surface area contributed by atoms with E-state index in [0.29, 0.717) is 29.4 Å². The van der Waals surface area contributed by atoms with Crippen molar-refractivity contribution in [2.24, 2.45) is 0 Å². The van der Waals surface area contributed by atoms with Crippen molar-refractivity contribution in [1.82, 2.24) is 19.6 Å². The highest BCUT2D eigenvalue weighted by Gasteiger charge is 2.20. The van der Waals surface area contributed by atoms with Gasteiger partial charge < -0.3 is 11.1 Å². The van der Waals surface area contributed by atoms with Crippen molar-refractivity contribution in [3.05, 3.63) is 23.7 Å². The van der Waals surface area contributed by atoms with Gasteiger partial charge in [-0.25, -0.2) is 4.68 Å². The van der Waals surface area contributed by atoms with Crippen LogP contribution in [0, 0.1) is 6.92 Å². The first kappa shape index (κ1) is 14.1. The summed E-state index contributed by atoms with van der Waals surface area (Å²) < 4.78 is 3.35. The van der Waals surface area contributed by atoms with Crippen LogP contribution in [-0.2, 0) is 6.54 Å². The number of nitrogens with one attached hydrogen (secondary N) is 1. The first-order valence-corrected chi connectivity index (χ1v) is 6.63. The van der Waals surface area contributed by atoms with E-state index in [1.807, 2.05) is 20.8 Å². The van der Waals surface area contributed by atoms with Crippen molar-refractivity contribution in [3.8, 4) is 0 Å². The molecule has 108 valence electrons. The van der Waals surface area contributed by atoms with Gasteiger partial charge in [-0.15, -0.1) is 0 Å². The highest BCUT2D eigenvalue weighted by Crippen LogP contribution is 2.19. The summed E-state index contributed by atoms with van der Waals surface area (Å²) in [5.74, 6) is 0.373. The fraction of sp³-hybridized carbons (Fsp3) is 0.462. The standard InChI is InChI=1S/C13H20N6O/c1-5-18-12(11(14)9(4)17-18)13(20)16-10-6-7-15-19(10)8(2)3/h6-8H,5,14H2,1-4H3,(H,16,20). The summed E-state index contributed by atoms with van der Waals surface area (Å²) in [6.45, 7) is 8.29. The van der Waals surface area contributed by atoms with Crippen LogP contribution in [-0.4, -0.2) is 25.5 Å². The van der Waals surface area contributed by atoms with Crippen LogP contribution >= 0.6 is 0 Å². The smallest absolute Gasteiger partial charge is 0.277 e. The molecular formula is C13H20N6O. The van der Waals surface area contributed by atoms with Gasteiger partial charge in [0.2, 0.25) is 0 Å². The number of carbonyl (C=O) groups excluding carboxylic acids is 1. The van der Waals surface area contributed by atoms with Crippen molar-refractivity contribution < 1.29 is 4.79 Å². The lowest BCUT2D eigenvalue weighted by atomic mass is 10.3. The van der Waals surface area contributed by atoms with Crippen LogP contribution in [0.15, 0.2) is 12.3 Å². The van der Waals surface area contributed by atoms with Crippen LogP contribution in [0.4, 0.5) is 11.5 Å². The summed E-state index contributed by atoms with van der Waals surface area (Å²) in [6.07, 6.45) is 1.65. The molecule has 20 heavy (non-hydrogen) atoms. The van der Waals surface area contributed by atoms with E-state index in [9.17, 15) is 4.79 Å². The number of hydrogen-bond acceptors (Lipinski definition) is 4. The molecule has 0 aromatic carbocycles. The van der Waals surface area contributed by atoms with Gasteiger partial charge in [-0.2, -0.15) is 10.2 Å². The van der Waals surface area contributed by atoms with E-state index < -0.39 is 0 Å². The monoisotopic (exact) mass is 276 g/mol. The Bertz CT molecular complexity index is 625. The zero-order valence-electron chi connectivity index (χ0n) is 12.2. The van der Waals surface area contributed by atoms with Gasteiger partial charge in [-0.3, -0.25) is 9.48 Å². The Morgan fingerprint density at radius 1 is 1.50 bits per heavy atom. The Labute approximate surface area is 117 Å². The molecule has 0 aliphatic heterocycles. The highest BCUT2D eigenvalue weighted by molar-refractivity contribution is 6.06. The molecular weight excluding hydrogens is 256 g/mol. The fourth-order valence-electron chi connectivity index (χ4n) is 2.06. The summed E-state index contributed by atoms with van der Waals surface area (Å²) >= 11 is 0. The molecule has 2 aromatic rings. The van der Waals surface area contributed by atoms with Crippen molar-refractivity contribution in [2.75, 3.05) is 11.1 Å². The number of rotatable bonds is 4. The van der Waals surface area contributed by atoms with Gasteiger partial charge in [0.15, 0.2) is 0 Å². The van der Waals surface area contributed by atoms with Crippen LogP contribution in [0.1, 0.15) is 43.0 Å². The third kappa shape index (κ3) is 2.38. The second-order valence-electron chi connectivity index (χ2n) is 4.87. The molecule has 0 spiro atoms. The second-order valence-corrected chi connectivity index (χ2v) is 4.87. The summed E-state index contributed by atoms with van der Waals surface area (Å²) in [5, 5.41) is 11.3. The third-order valence-corrected chi connectivity index (χ3v) is 3.09. The summed E-state index contributed by atoms with van der Waals surface area (Å²) in [6, 6.07) is 1.92. The van der Waals surface area contributed by atoms with Crippen LogP contribution in [0.5, 0.6) is 0 Å². The molecule has 0 aliphatic carbocycles. The maximum Gasteiger partial charge on any atom is 0.277 e. The molecule has 2 rings (SSSR count). The third-order valence-electron chi connectivity index (χ3n) is 3.09. The van der Waals surface area contributed by atoms with Gasteiger partial charge in [-0.05, 0) is 27.7 Å². The first-order chi connectivity index (χ1) is 9.45. The number of carbonyl (C=O) groups is 1. The molecule has 0 saturated carbocycles. The first-order valence-electron chi connectivity index (χ1n) is 6.63. The molecule has 0 saturated heterocycles. The summed E-state index contributed by atoms with van der Waals surface area (Å²) in [5.41, 5.74) is 7.41. The van der Waals surface area contributed by atoms with E-state index >= 15 is 0 Å². The molecule has 2 aromatic heterocycles. The summed E-state index contributed by atoms with van der Waals surface area (Å²) in [7, 11) is 0. The molecule has 0 aliphatic rings. The Morgan fingerprint density at radius 2 is 2.20 bits per heavy atom. The zero-order valence-corrected chi connectivity index (χ0v) is 12.2. The van der Waals surface area contributed by atoms with E-state index in [1.165, 1.54) is 0 Å². The lowest BCUT2D eigenvalue weighted by Gasteiger charge is -2.12. The predicted molar refractivity (Wildman–Crippen MR) is 77.6 cm³/mol. The highest BCUT2D eigenvalue weighted by atomic mass is 16.2. The normalized spacial score (nSPS) is 11.1. The average molecular weight is 276 g/mol. The lowest BCUT2D eigenvalue weighted by Crippen LogP contribution is -2.21. The van der Waals surface area contributed by atoms with Gasteiger partial charge >= 0.3 is 0 Å². The maximum atomic E-state index is 12.4. The van der Waals surface area contributed by atoms with Gasteiger partial charge in [0.1, 0.15) is 11.5 Å². The quantitative estimate of drug-likeness (QED) is 0.891. The van der Waals surface area contributed by atoms with Gasteiger partial charge in [0.25, 0.3) is 5.91 Å². The number of hydrogen-bond donors (Lipinski definition) is 2. The number of amides is 1. The summed E-state index contributed by atoms with van der Waals surface area (Å²) in [4.78, 5) is 12.4. The Balaban J connectivity index is 2.31. The SMILES string of the molecule is CCn1nc(C)c(N)c1C(=O)Nc1ccnn1C(C)C. The van der Waals surface area contributed by atoms with Gasteiger partial charge in [-0.1, -0.05) is 0 Å². The van der Waals surface area contributed by atoms with Gasteiger partial charge in [0.05, 0.1) is 17.6 Å². The van der Waals surface area contributed by atoms with Crippen LogP contribution in [0.3, 0.4) is 0 Å². The van der Waals surface area contributed by atoms with Crippen molar-refractivity contribution >= 4 is 17.4 Å². The Kier molecular flexibility index (Phi) is 3.78. The molecule has 7 nitrogen and oxygen atoms in total. The molecule has 0 bridgehead atoms. The molecule has 3 N–H and O–H groups in total. The number of nitrogens with zero attached hydrogens (tertiary/aromatic N) is 4. The molecule has 7 heteroatoms. The van der Waals surface area contributed by atoms with E-state index in [2.05, 4.69) is 15.5 Å². The fourth-order valence-corrected chi connectivity index (χ4v) is 2.06. The molecule has 0 radical (unpaired) electrons. The van der Waals surface area contributed by atoms with Crippen molar-refractivity contribution in [1.29, 1.82) is 0 Å². The minimum absolute atomic E-state index is 0.162. The number of anilines is 2. The molecule has 0 unspecified atom stereocenters.